The Morgan fingerprint density at radius 3 is 2.67 bits per heavy atom. The van der Waals surface area contributed by atoms with Crippen molar-refractivity contribution in [1.29, 1.82) is 0 Å². The number of likely N-dealkylation sites (N-methyl/N-ethyl adjacent to an activating group) is 2. The molecule has 3 N–H and O–H groups in total. The molecule has 0 bridgehead atoms. The third-order valence-electron chi connectivity index (χ3n) is 6.62. The number of aromatic amines is 1. The summed E-state index contributed by atoms with van der Waals surface area (Å²) in [7, 11) is 5.98. The van der Waals surface area contributed by atoms with Crippen LogP contribution in [-0.2, 0) is 4.79 Å². The van der Waals surface area contributed by atoms with Crippen molar-refractivity contribution in [3.63, 3.8) is 0 Å². The lowest BCUT2D eigenvalue weighted by atomic mass is 10.1. The number of rotatable bonds is 6. The molecule has 1 aromatic heterocycles. The molecule has 36 heavy (non-hydrogen) atoms. The van der Waals surface area contributed by atoms with E-state index in [0.29, 0.717) is 17.6 Å². The summed E-state index contributed by atoms with van der Waals surface area (Å²) in [5, 5.41) is 6.13. The number of piperazine rings is 1. The highest BCUT2D eigenvalue weighted by atomic mass is 19.1. The van der Waals surface area contributed by atoms with E-state index in [1.54, 1.807) is 6.08 Å². The van der Waals surface area contributed by atoms with E-state index in [-0.39, 0.29) is 22.8 Å². The third kappa shape index (κ3) is 4.82. The normalized spacial score (nSPS) is 17.2. The molecule has 2 aliphatic heterocycles. The van der Waals surface area contributed by atoms with Gasteiger partial charge in [0.25, 0.3) is 11.5 Å². The SMILES string of the molecule is CN(C)CCNc1cc2nc(/C=C3\C(=O)Nc4cc(N5CCN(C)CC5)ccc43)[nH]c(=O)c2cc1F. The van der Waals surface area contributed by atoms with Gasteiger partial charge in [-0.05, 0) is 51.5 Å². The molecule has 0 spiro atoms. The zero-order valence-corrected chi connectivity index (χ0v) is 20.7. The number of amides is 1. The van der Waals surface area contributed by atoms with E-state index >= 15 is 0 Å². The maximum absolute atomic E-state index is 14.5. The van der Waals surface area contributed by atoms with Crippen LogP contribution >= 0.6 is 0 Å². The molecular formula is C26H30FN7O2. The predicted octanol–water partition coefficient (Wildman–Crippen LogP) is 2.28. The summed E-state index contributed by atoms with van der Waals surface area (Å²) in [6.07, 6.45) is 1.57. The number of anilines is 3. The van der Waals surface area contributed by atoms with Gasteiger partial charge < -0.3 is 30.3 Å². The Morgan fingerprint density at radius 2 is 1.92 bits per heavy atom. The van der Waals surface area contributed by atoms with Crippen molar-refractivity contribution in [2.24, 2.45) is 0 Å². The van der Waals surface area contributed by atoms with E-state index in [9.17, 15) is 14.0 Å². The van der Waals surface area contributed by atoms with Gasteiger partial charge in [-0.15, -0.1) is 0 Å². The maximum Gasteiger partial charge on any atom is 0.259 e. The Kier molecular flexibility index (Phi) is 6.46. The predicted molar refractivity (Wildman–Crippen MR) is 142 cm³/mol. The Hall–Kier alpha value is -3.76. The first-order valence-corrected chi connectivity index (χ1v) is 12.0. The van der Waals surface area contributed by atoms with Crippen LogP contribution in [0.15, 0.2) is 35.1 Å². The summed E-state index contributed by atoms with van der Waals surface area (Å²) < 4.78 is 14.5. The molecule has 3 aromatic rings. The number of carbonyl (C=O) groups is 1. The van der Waals surface area contributed by atoms with Crippen molar-refractivity contribution < 1.29 is 9.18 Å². The first-order valence-electron chi connectivity index (χ1n) is 12.0. The topological polar surface area (TPSA) is 96.6 Å². The van der Waals surface area contributed by atoms with Gasteiger partial charge >= 0.3 is 0 Å². The van der Waals surface area contributed by atoms with Crippen molar-refractivity contribution in [1.82, 2.24) is 19.8 Å². The number of benzene rings is 2. The van der Waals surface area contributed by atoms with Crippen LogP contribution in [0.5, 0.6) is 0 Å². The molecule has 10 heteroatoms. The number of halogens is 1. The third-order valence-corrected chi connectivity index (χ3v) is 6.62. The van der Waals surface area contributed by atoms with E-state index in [1.807, 2.05) is 37.2 Å². The fourth-order valence-corrected chi connectivity index (χ4v) is 4.52. The molecule has 1 fully saturated rings. The molecule has 0 radical (unpaired) electrons. The second-order valence-electron chi connectivity index (χ2n) is 9.56. The molecule has 0 saturated carbocycles. The van der Waals surface area contributed by atoms with Gasteiger partial charge in [0.05, 0.1) is 27.9 Å². The van der Waals surface area contributed by atoms with Gasteiger partial charge in [-0.3, -0.25) is 9.59 Å². The van der Waals surface area contributed by atoms with Crippen LogP contribution in [0.2, 0.25) is 0 Å². The summed E-state index contributed by atoms with van der Waals surface area (Å²) in [6, 6.07) is 8.65. The monoisotopic (exact) mass is 491 g/mol. The average Bonchev–Trinajstić information content (AvgIpc) is 3.14. The standard InChI is InChI=1S/C26H30FN7O2/c1-32(2)7-6-28-23-15-22-19(13-20(23)27)26(36)31-24(29-22)14-18-17-5-4-16(12-21(17)30-25(18)35)34-10-8-33(3)9-11-34/h4-5,12-15,28H,6-11H2,1-3H3,(H,30,35)(H,29,31,36)/b18-14-. The summed E-state index contributed by atoms with van der Waals surface area (Å²) in [5.74, 6) is -0.534. The average molecular weight is 492 g/mol. The second-order valence-corrected chi connectivity index (χ2v) is 9.56. The molecule has 9 nitrogen and oxygen atoms in total. The van der Waals surface area contributed by atoms with Gasteiger partial charge in [0, 0.05) is 50.5 Å². The number of H-pyrrole nitrogens is 1. The number of fused-ring (bicyclic) bond motifs is 2. The quantitative estimate of drug-likeness (QED) is 0.455. The Balaban J connectivity index is 1.45. The molecule has 0 aliphatic carbocycles. The smallest absolute Gasteiger partial charge is 0.259 e. The van der Waals surface area contributed by atoms with E-state index in [0.717, 1.165) is 49.7 Å². The molecule has 2 aromatic carbocycles. The number of nitrogens with one attached hydrogen (secondary N) is 3. The molecule has 1 amide bonds. The first-order chi connectivity index (χ1) is 17.3. The first kappa shape index (κ1) is 24.0. The molecule has 1 saturated heterocycles. The van der Waals surface area contributed by atoms with Crippen LogP contribution in [0.3, 0.4) is 0 Å². The van der Waals surface area contributed by atoms with Gasteiger partial charge in [0.15, 0.2) is 0 Å². The van der Waals surface area contributed by atoms with Gasteiger partial charge in [-0.1, -0.05) is 6.07 Å². The highest BCUT2D eigenvalue weighted by Gasteiger charge is 2.26. The molecular weight excluding hydrogens is 461 g/mol. The maximum atomic E-state index is 14.5. The van der Waals surface area contributed by atoms with Gasteiger partial charge in [0.2, 0.25) is 0 Å². The summed E-state index contributed by atoms with van der Waals surface area (Å²) >= 11 is 0. The van der Waals surface area contributed by atoms with Crippen molar-refractivity contribution in [2.45, 2.75) is 0 Å². The zero-order chi connectivity index (χ0) is 25.4. The van der Waals surface area contributed by atoms with Crippen molar-refractivity contribution in [3.05, 3.63) is 57.9 Å². The highest BCUT2D eigenvalue weighted by Crippen LogP contribution is 2.36. The van der Waals surface area contributed by atoms with E-state index in [1.165, 1.54) is 12.1 Å². The van der Waals surface area contributed by atoms with Crippen LogP contribution in [0.1, 0.15) is 11.4 Å². The number of hydrogen-bond acceptors (Lipinski definition) is 7. The zero-order valence-electron chi connectivity index (χ0n) is 20.7. The molecule has 3 heterocycles. The Bertz CT molecular complexity index is 1410. The lowest BCUT2D eigenvalue weighted by Gasteiger charge is -2.34. The second kappa shape index (κ2) is 9.71. The fourth-order valence-electron chi connectivity index (χ4n) is 4.52. The van der Waals surface area contributed by atoms with Crippen LogP contribution < -0.4 is 21.1 Å². The number of aromatic nitrogens is 2. The van der Waals surface area contributed by atoms with Crippen LogP contribution in [-0.4, -0.2) is 86.1 Å². The molecule has 0 atom stereocenters. The van der Waals surface area contributed by atoms with Crippen LogP contribution in [0, 0.1) is 5.82 Å². The minimum atomic E-state index is -0.514. The summed E-state index contributed by atoms with van der Waals surface area (Å²) in [5.41, 5.74) is 3.14. The molecule has 0 unspecified atom stereocenters. The fraction of sp³-hybridized carbons (Fsp3) is 0.346. The Labute approximate surface area is 208 Å². The summed E-state index contributed by atoms with van der Waals surface area (Å²) in [4.78, 5) is 39.2. The number of hydrogen-bond donors (Lipinski definition) is 3. The molecule has 2 aliphatic rings. The molecule has 5 rings (SSSR count). The minimum absolute atomic E-state index is 0.154. The van der Waals surface area contributed by atoms with Gasteiger partial charge in [-0.2, -0.15) is 0 Å². The minimum Gasteiger partial charge on any atom is -0.381 e. The van der Waals surface area contributed by atoms with Gasteiger partial charge in [-0.25, -0.2) is 9.37 Å². The van der Waals surface area contributed by atoms with Crippen molar-refractivity contribution in [2.75, 3.05) is 75.9 Å². The lowest BCUT2D eigenvalue weighted by Crippen LogP contribution is -2.44. The number of nitrogens with zero attached hydrogens (tertiary/aromatic N) is 4. The van der Waals surface area contributed by atoms with Gasteiger partial charge in [0.1, 0.15) is 11.6 Å². The number of carbonyl (C=O) groups excluding carboxylic acids is 1. The van der Waals surface area contributed by atoms with Crippen LogP contribution in [0.4, 0.5) is 21.5 Å². The van der Waals surface area contributed by atoms with Crippen LogP contribution in [0.25, 0.3) is 22.6 Å². The summed E-state index contributed by atoms with van der Waals surface area (Å²) in [6.45, 7) is 5.12. The van der Waals surface area contributed by atoms with Crippen molar-refractivity contribution >= 4 is 45.5 Å². The Morgan fingerprint density at radius 1 is 1.14 bits per heavy atom. The molecule has 188 valence electrons. The van der Waals surface area contributed by atoms with E-state index < -0.39 is 11.4 Å². The largest absolute Gasteiger partial charge is 0.381 e. The van der Waals surface area contributed by atoms with Crippen molar-refractivity contribution in [3.8, 4) is 0 Å². The van der Waals surface area contributed by atoms with E-state index in [4.69, 9.17) is 0 Å². The highest BCUT2D eigenvalue weighted by molar-refractivity contribution is 6.34. The lowest BCUT2D eigenvalue weighted by molar-refractivity contribution is -0.110. The van der Waals surface area contributed by atoms with E-state index in [2.05, 4.69) is 37.4 Å².